The molecule has 0 bridgehead atoms. The number of ether oxygens (including phenoxy) is 1. The van der Waals surface area contributed by atoms with Gasteiger partial charge in [0, 0.05) is 17.2 Å². The molecule has 1 N–H and O–H groups in total. The van der Waals surface area contributed by atoms with Crippen molar-refractivity contribution in [3.05, 3.63) is 142 Å². The van der Waals surface area contributed by atoms with Crippen molar-refractivity contribution in [1.82, 2.24) is 0 Å². The van der Waals surface area contributed by atoms with Crippen LogP contribution < -0.4 is 0 Å². The minimum absolute atomic E-state index is 0.540. The summed E-state index contributed by atoms with van der Waals surface area (Å²) < 4.78 is 5.79. The zero-order valence-electron chi connectivity index (χ0n) is 18.0. The van der Waals surface area contributed by atoms with Gasteiger partial charge in [0.25, 0.3) is 0 Å². The van der Waals surface area contributed by atoms with Crippen LogP contribution in [0.25, 0.3) is 0 Å². The smallest absolute Gasteiger partial charge is 0.141 e. The monoisotopic (exact) mass is 442 g/mol. The van der Waals surface area contributed by atoms with Gasteiger partial charge in [-0.15, -0.1) is 0 Å². The van der Waals surface area contributed by atoms with E-state index in [2.05, 4.69) is 24.3 Å². The lowest BCUT2D eigenvalue weighted by Crippen LogP contribution is -2.29. The van der Waals surface area contributed by atoms with Crippen LogP contribution in [0.15, 0.2) is 109 Å². The van der Waals surface area contributed by atoms with Crippen LogP contribution in [0.4, 0.5) is 0 Å². The molecule has 0 aliphatic heterocycles. The van der Waals surface area contributed by atoms with E-state index >= 15 is 0 Å². The molecule has 0 aromatic heterocycles. The highest BCUT2D eigenvalue weighted by Gasteiger charge is 2.35. The van der Waals surface area contributed by atoms with Crippen molar-refractivity contribution in [3.63, 3.8) is 0 Å². The number of halogens is 1. The maximum Gasteiger partial charge on any atom is 0.141 e. The summed E-state index contributed by atoms with van der Waals surface area (Å²) in [5, 5.41) is 12.5. The number of aliphatic hydroxyl groups is 1. The molecule has 0 saturated heterocycles. The van der Waals surface area contributed by atoms with Gasteiger partial charge < -0.3 is 9.84 Å². The standard InChI is InChI=1S/C29H27ClO2/c30-28-16-8-7-15-27(28)29(31,25-13-5-2-6-14-25)26-19-17-23(18-20-26)12-9-21-32-22-24-10-3-1-4-11-24/h1-8,10-11,13-20,31H,9,12,21-22H2. The van der Waals surface area contributed by atoms with Crippen molar-refractivity contribution in [2.45, 2.75) is 25.0 Å². The van der Waals surface area contributed by atoms with E-state index in [1.54, 1.807) is 0 Å². The average Bonchev–Trinajstić information content (AvgIpc) is 2.85. The van der Waals surface area contributed by atoms with Gasteiger partial charge in [0.05, 0.1) is 6.61 Å². The fourth-order valence-corrected chi connectivity index (χ4v) is 4.24. The van der Waals surface area contributed by atoms with Gasteiger partial charge in [0.15, 0.2) is 0 Å². The maximum atomic E-state index is 11.9. The summed E-state index contributed by atoms with van der Waals surface area (Å²) in [7, 11) is 0. The SMILES string of the molecule is OC(c1ccccc1)(c1ccc(CCCOCc2ccccc2)cc1)c1ccccc1Cl. The highest BCUT2D eigenvalue weighted by atomic mass is 35.5. The molecule has 0 aliphatic rings. The molecule has 3 heteroatoms. The van der Waals surface area contributed by atoms with Crippen molar-refractivity contribution in [2.75, 3.05) is 6.61 Å². The molecule has 4 aromatic carbocycles. The number of hydrogen-bond acceptors (Lipinski definition) is 2. The molecule has 162 valence electrons. The number of hydrogen-bond donors (Lipinski definition) is 1. The summed E-state index contributed by atoms with van der Waals surface area (Å²) in [5.74, 6) is 0. The average molecular weight is 443 g/mol. The van der Waals surface area contributed by atoms with Crippen LogP contribution in [0, 0.1) is 0 Å². The third kappa shape index (κ3) is 5.11. The first-order chi connectivity index (χ1) is 15.7. The molecule has 4 rings (SSSR count). The molecule has 1 unspecified atom stereocenters. The molecule has 0 radical (unpaired) electrons. The molecule has 0 aliphatic carbocycles. The third-order valence-electron chi connectivity index (χ3n) is 5.69. The quantitative estimate of drug-likeness (QED) is 0.229. The normalized spacial score (nSPS) is 12.9. The Labute approximate surface area is 195 Å². The predicted octanol–water partition coefficient (Wildman–Crippen LogP) is 6.77. The van der Waals surface area contributed by atoms with E-state index in [-0.39, 0.29) is 0 Å². The number of aryl methyl sites for hydroxylation is 1. The van der Waals surface area contributed by atoms with E-state index in [4.69, 9.17) is 16.3 Å². The van der Waals surface area contributed by atoms with Gasteiger partial charge in [0.1, 0.15) is 5.60 Å². The Morgan fingerprint density at radius 1 is 0.656 bits per heavy atom. The topological polar surface area (TPSA) is 29.5 Å². The van der Waals surface area contributed by atoms with Gasteiger partial charge >= 0.3 is 0 Å². The van der Waals surface area contributed by atoms with Crippen LogP contribution >= 0.6 is 11.6 Å². The van der Waals surface area contributed by atoms with Gasteiger partial charge in [0.2, 0.25) is 0 Å². The molecule has 4 aromatic rings. The summed E-state index contributed by atoms with van der Waals surface area (Å²) in [6.07, 6.45) is 1.87. The summed E-state index contributed by atoms with van der Waals surface area (Å²) in [6, 6.07) is 35.5. The Hall–Kier alpha value is -2.91. The first kappa shape index (κ1) is 22.3. The van der Waals surface area contributed by atoms with Crippen LogP contribution in [-0.4, -0.2) is 11.7 Å². The van der Waals surface area contributed by atoms with Crippen LogP contribution in [0.1, 0.15) is 34.2 Å². The molecular weight excluding hydrogens is 416 g/mol. The summed E-state index contributed by atoms with van der Waals surface area (Å²) in [6.45, 7) is 1.35. The van der Waals surface area contributed by atoms with Crippen molar-refractivity contribution < 1.29 is 9.84 Å². The zero-order valence-corrected chi connectivity index (χ0v) is 18.7. The summed E-state index contributed by atoms with van der Waals surface area (Å²) in [4.78, 5) is 0. The van der Waals surface area contributed by atoms with Crippen molar-refractivity contribution in [2.24, 2.45) is 0 Å². The Kier molecular flexibility index (Phi) is 7.39. The zero-order chi connectivity index (χ0) is 22.2. The molecule has 0 fully saturated rings. The fraction of sp³-hybridized carbons (Fsp3) is 0.172. The van der Waals surface area contributed by atoms with Gasteiger partial charge in [-0.25, -0.2) is 0 Å². The van der Waals surface area contributed by atoms with Crippen molar-refractivity contribution in [1.29, 1.82) is 0 Å². The van der Waals surface area contributed by atoms with Crippen LogP contribution in [0.5, 0.6) is 0 Å². The maximum absolute atomic E-state index is 11.9. The fourth-order valence-electron chi connectivity index (χ4n) is 3.97. The van der Waals surface area contributed by atoms with Crippen LogP contribution in [0.2, 0.25) is 5.02 Å². The van der Waals surface area contributed by atoms with Gasteiger partial charge in [-0.1, -0.05) is 115 Å². The molecule has 1 atom stereocenters. The highest BCUT2D eigenvalue weighted by molar-refractivity contribution is 6.31. The first-order valence-electron chi connectivity index (χ1n) is 10.9. The Morgan fingerprint density at radius 2 is 1.25 bits per heavy atom. The summed E-state index contributed by atoms with van der Waals surface area (Å²) in [5.41, 5.74) is 3.34. The molecule has 32 heavy (non-hydrogen) atoms. The second kappa shape index (κ2) is 10.6. The lowest BCUT2D eigenvalue weighted by atomic mass is 9.80. The number of benzene rings is 4. The molecule has 0 amide bonds. The van der Waals surface area contributed by atoms with Gasteiger partial charge in [-0.2, -0.15) is 0 Å². The second-order valence-electron chi connectivity index (χ2n) is 7.89. The minimum Gasteiger partial charge on any atom is -0.377 e. The van der Waals surface area contributed by atoms with E-state index in [9.17, 15) is 5.11 Å². The van der Waals surface area contributed by atoms with Crippen LogP contribution in [0.3, 0.4) is 0 Å². The van der Waals surface area contributed by atoms with E-state index in [1.807, 2.05) is 84.9 Å². The lowest BCUT2D eigenvalue weighted by molar-refractivity contribution is 0.118. The highest BCUT2D eigenvalue weighted by Crippen LogP contribution is 2.39. The van der Waals surface area contributed by atoms with E-state index in [0.29, 0.717) is 23.8 Å². The van der Waals surface area contributed by atoms with E-state index in [0.717, 1.165) is 24.0 Å². The van der Waals surface area contributed by atoms with Gasteiger partial charge in [-0.05, 0) is 41.2 Å². The third-order valence-corrected chi connectivity index (χ3v) is 6.02. The van der Waals surface area contributed by atoms with Crippen molar-refractivity contribution >= 4 is 11.6 Å². The van der Waals surface area contributed by atoms with Crippen LogP contribution in [-0.2, 0) is 23.4 Å². The van der Waals surface area contributed by atoms with E-state index < -0.39 is 5.60 Å². The van der Waals surface area contributed by atoms with Gasteiger partial charge in [-0.3, -0.25) is 0 Å². The minimum atomic E-state index is -1.32. The Morgan fingerprint density at radius 3 is 1.94 bits per heavy atom. The van der Waals surface area contributed by atoms with E-state index in [1.165, 1.54) is 11.1 Å². The largest absolute Gasteiger partial charge is 0.377 e. The molecule has 0 saturated carbocycles. The Bertz CT molecular complexity index is 1110. The second-order valence-corrected chi connectivity index (χ2v) is 8.30. The Balaban J connectivity index is 1.46. The molecule has 0 heterocycles. The first-order valence-corrected chi connectivity index (χ1v) is 11.3. The van der Waals surface area contributed by atoms with Crippen molar-refractivity contribution in [3.8, 4) is 0 Å². The lowest BCUT2D eigenvalue weighted by Gasteiger charge is -2.31. The number of rotatable bonds is 9. The molecular formula is C29H27ClO2. The molecule has 2 nitrogen and oxygen atoms in total. The molecule has 0 spiro atoms. The summed E-state index contributed by atoms with van der Waals surface area (Å²) >= 11 is 6.51. The predicted molar refractivity (Wildman–Crippen MR) is 131 cm³/mol.